The number of ether oxygens (including phenoxy) is 2. The Hall–Kier alpha value is -2.98. The number of hydrogen-bond acceptors (Lipinski definition) is 4. The molecule has 0 aliphatic rings. The number of benzene rings is 2. The molecule has 0 aliphatic heterocycles. The molecule has 3 rings (SSSR count). The van der Waals surface area contributed by atoms with Crippen LogP contribution in [0.2, 0.25) is 0 Å². The molecule has 0 saturated heterocycles. The van der Waals surface area contributed by atoms with Gasteiger partial charge in [-0.05, 0) is 72.9 Å². The van der Waals surface area contributed by atoms with E-state index >= 15 is 0 Å². The van der Waals surface area contributed by atoms with E-state index in [9.17, 15) is 4.79 Å². The summed E-state index contributed by atoms with van der Waals surface area (Å²) in [6.07, 6.45) is 14.1. The molecule has 0 saturated carbocycles. The van der Waals surface area contributed by atoms with Gasteiger partial charge in [-0.2, -0.15) is 0 Å². The first-order valence-electron chi connectivity index (χ1n) is 13.6. The van der Waals surface area contributed by atoms with Crippen molar-refractivity contribution in [2.24, 2.45) is 0 Å². The lowest BCUT2D eigenvalue weighted by atomic mass is 10.0. The molecule has 192 valence electrons. The number of carbonyl (C=O) groups excluding carboxylic acids is 1. The Morgan fingerprint density at radius 1 is 0.722 bits per heavy atom. The number of pyridine rings is 1. The normalized spacial score (nSPS) is 10.9. The fourth-order valence-corrected chi connectivity index (χ4v) is 4.10. The predicted octanol–water partition coefficient (Wildman–Crippen LogP) is 8.58. The van der Waals surface area contributed by atoms with Crippen LogP contribution in [-0.4, -0.2) is 17.6 Å². The monoisotopic (exact) mass is 487 g/mol. The molecule has 0 bridgehead atoms. The highest BCUT2D eigenvalue weighted by Crippen LogP contribution is 2.22. The molecule has 1 heterocycles. The van der Waals surface area contributed by atoms with Gasteiger partial charge in [-0.3, -0.25) is 4.98 Å². The van der Waals surface area contributed by atoms with E-state index in [2.05, 4.69) is 24.9 Å². The fourth-order valence-electron chi connectivity index (χ4n) is 4.10. The number of unbranched alkanes of at least 4 members (excludes halogenated alkanes) is 7. The lowest BCUT2D eigenvalue weighted by Crippen LogP contribution is -2.08. The van der Waals surface area contributed by atoms with E-state index in [1.54, 1.807) is 0 Å². The summed E-state index contributed by atoms with van der Waals surface area (Å²) in [6.45, 7) is 5.83. The molecule has 0 fully saturated rings. The number of rotatable bonds is 16. The number of esters is 1. The van der Waals surface area contributed by atoms with Gasteiger partial charge in [-0.25, -0.2) is 4.79 Å². The molecule has 3 aromatic rings. The Balaban J connectivity index is 1.45. The zero-order valence-electron chi connectivity index (χ0n) is 22.0. The Kier molecular flexibility index (Phi) is 12.2. The highest BCUT2D eigenvalue weighted by atomic mass is 16.5. The molecule has 0 aliphatic carbocycles. The fraction of sp³-hybridized carbons (Fsp3) is 0.438. The van der Waals surface area contributed by atoms with Crippen LogP contribution in [0, 0.1) is 0 Å². The SMILES string of the molecule is CCCCCCCc1ccc(C(=O)Oc2ccc(-c3ccc(COCCCCCC)cn3)cc2)cc1. The lowest BCUT2D eigenvalue weighted by Gasteiger charge is -2.08. The molecule has 0 radical (unpaired) electrons. The topological polar surface area (TPSA) is 48.4 Å². The zero-order valence-corrected chi connectivity index (χ0v) is 22.0. The van der Waals surface area contributed by atoms with Crippen molar-refractivity contribution < 1.29 is 14.3 Å². The molecular weight excluding hydrogens is 446 g/mol. The van der Waals surface area contributed by atoms with Crippen molar-refractivity contribution in [3.63, 3.8) is 0 Å². The molecule has 2 aromatic carbocycles. The number of carbonyl (C=O) groups is 1. The van der Waals surface area contributed by atoms with E-state index in [1.807, 2.05) is 60.8 Å². The van der Waals surface area contributed by atoms with Gasteiger partial charge in [0.25, 0.3) is 0 Å². The quantitative estimate of drug-likeness (QED) is 0.115. The summed E-state index contributed by atoms with van der Waals surface area (Å²) in [5.41, 5.74) is 4.76. The maximum atomic E-state index is 12.6. The lowest BCUT2D eigenvalue weighted by molar-refractivity contribution is 0.0734. The van der Waals surface area contributed by atoms with Crippen molar-refractivity contribution in [2.75, 3.05) is 6.61 Å². The van der Waals surface area contributed by atoms with E-state index in [0.717, 1.165) is 36.3 Å². The van der Waals surface area contributed by atoms with Crippen molar-refractivity contribution in [1.82, 2.24) is 4.98 Å². The van der Waals surface area contributed by atoms with Gasteiger partial charge in [0, 0.05) is 18.4 Å². The van der Waals surface area contributed by atoms with E-state index in [0.29, 0.717) is 17.9 Å². The molecule has 4 heteroatoms. The van der Waals surface area contributed by atoms with Gasteiger partial charge >= 0.3 is 5.97 Å². The van der Waals surface area contributed by atoms with E-state index < -0.39 is 0 Å². The van der Waals surface area contributed by atoms with Crippen molar-refractivity contribution in [3.8, 4) is 17.0 Å². The number of aryl methyl sites for hydroxylation is 1. The number of aromatic nitrogens is 1. The second-order valence-corrected chi connectivity index (χ2v) is 9.44. The van der Waals surface area contributed by atoms with Crippen molar-refractivity contribution >= 4 is 5.97 Å². The van der Waals surface area contributed by atoms with E-state index in [4.69, 9.17) is 9.47 Å². The van der Waals surface area contributed by atoms with Crippen LogP contribution in [0.1, 0.15) is 93.1 Å². The maximum absolute atomic E-state index is 12.6. The van der Waals surface area contributed by atoms with Crippen LogP contribution >= 0.6 is 0 Å². The second kappa shape index (κ2) is 15.9. The minimum atomic E-state index is -0.339. The third-order valence-electron chi connectivity index (χ3n) is 6.35. The van der Waals surface area contributed by atoms with Crippen LogP contribution in [-0.2, 0) is 17.8 Å². The van der Waals surface area contributed by atoms with Gasteiger partial charge < -0.3 is 9.47 Å². The highest BCUT2D eigenvalue weighted by molar-refractivity contribution is 5.91. The van der Waals surface area contributed by atoms with Crippen molar-refractivity contribution in [3.05, 3.63) is 83.6 Å². The molecule has 0 unspecified atom stereocenters. The Bertz CT molecular complexity index is 1010. The third-order valence-corrected chi connectivity index (χ3v) is 6.35. The van der Waals surface area contributed by atoms with Crippen LogP contribution in [0.25, 0.3) is 11.3 Å². The molecule has 0 N–H and O–H groups in total. The molecule has 1 aromatic heterocycles. The van der Waals surface area contributed by atoms with E-state index in [1.165, 1.54) is 56.9 Å². The van der Waals surface area contributed by atoms with Crippen molar-refractivity contribution in [1.29, 1.82) is 0 Å². The van der Waals surface area contributed by atoms with Gasteiger partial charge in [0.05, 0.1) is 17.9 Å². The predicted molar refractivity (Wildman–Crippen MR) is 147 cm³/mol. The van der Waals surface area contributed by atoms with Gasteiger partial charge in [-0.15, -0.1) is 0 Å². The summed E-state index contributed by atoms with van der Waals surface area (Å²) < 4.78 is 11.3. The molecule has 0 spiro atoms. The van der Waals surface area contributed by atoms with Crippen LogP contribution < -0.4 is 4.74 Å². The summed E-state index contributed by atoms with van der Waals surface area (Å²) >= 11 is 0. The molecule has 0 atom stereocenters. The third kappa shape index (κ3) is 9.58. The molecule has 4 nitrogen and oxygen atoms in total. The van der Waals surface area contributed by atoms with Gasteiger partial charge in [0.15, 0.2) is 0 Å². The summed E-state index contributed by atoms with van der Waals surface area (Å²) in [5.74, 6) is 0.186. The zero-order chi connectivity index (χ0) is 25.4. The Morgan fingerprint density at radius 2 is 1.39 bits per heavy atom. The molecule has 36 heavy (non-hydrogen) atoms. The van der Waals surface area contributed by atoms with Crippen LogP contribution in [0.4, 0.5) is 0 Å². The smallest absolute Gasteiger partial charge is 0.343 e. The summed E-state index contributed by atoms with van der Waals surface area (Å²) in [4.78, 5) is 17.1. The largest absolute Gasteiger partial charge is 0.423 e. The minimum Gasteiger partial charge on any atom is -0.423 e. The van der Waals surface area contributed by atoms with Crippen LogP contribution in [0.15, 0.2) is 66.9 Å². The summed E-state index contributed by atoms with van der Waals surface area (Å²) in [6, 6.07) is 19.3. The first kappa shape index (κ1) is 27.6. The molecule has 0 amide bonds. The van der Waals surface area contributed by atoms with Gasteiger partial charge in [-0.1, -0.05) is 77.0 Å². The Labute approximate surface area is 217 Å². The van der Waals surface area contributed by atoms with Crippen LogP contribution in [0.3, 0.4) is 0 Å². The van der Waals surface area contributed by atoms with Crippen LogP contribution in [0.5, 0.6) is 5.75 Å². The Morgan fingerprint density at radius 3 is 2.06 bits per heavy atom. The first-order chi connectivity index (χ1) is 17.7. The second-order valence-electron chi connectivity index (χ2n) is 9.44. The minimum absolute atomic E-state index is 0.339. The molecular formula is C32H41NO3. The van der Waals surface area contributed by atoms with Gasteiger partial charge in [0.1, 0.15) is 5.75 Å². The first-order valence-corrected chi connectivity index (χ1v) is 13.6. The summed E-state index contributed by atoms with van der Waals surface area (Å²) in [7, 11) is 0. The van der Waals surface area contributed by atoms with Crippen molar-refractivity contribution in [2.45, 2.75) is 84.7 Å². The van der Waals surface area contributed by atoms with E-state index in [-0.39, 0.29) is 5.97 Å². The average molecular weight is 488 g/mol. The number of nitrogens with zero attached hydrogens (tertiary/aromatic N) is 1. The maximum Gasteiger partial charge on any atom is 0.343 e. The summed E-state index contributed by atoms with van der Waals surface area (Å²) in [5, 5.41) is 0. The number of hydrogen-bond donors (Lipinski definition) is 0. The van der Waals surface area contributed by atoms with Gasteiger partial charge in [0.2, 0.25) is 0 Å². The highest BCUT2D eigenvalue weighted by Gasteiger charge is 2.09. The standard InChI is InChI=1S/C32H41NO3/c1-3-5-7-9-10-12-26-13-16-29(17-14-26)32(34)36-30-20-18-28(19-21-30)31-22-15-27(24-33-31)25-35-23-11-8-6-4-2/h13-22,24H,3-12,23,25H2,1-2H3. The average Bonchev–Trinajstić information content (AvgIpc) is 2.92.